The van der Waals surface area contributed by atoms with Crippen molar-refractivity contribution < 1.29 is 4.79 Å². The summed E-state index contributed by atoms with van der Waals surface area (Å²) in [5.41, 5.74) is 1.00. The number of benzene rings is 1. The molecule has 0 radical (unpaired) electrons. The van der Waals surface area contributed by atoms with E-state index in [0.717, 1.165) is 11.4 Å². The van der Waals surface area contributed by atoms with E-state index < -0.39 is 0 Å². The Morgan fingerprint density at radius 3 is 2.48 bits per heavy atom. The van der Waals surface area contributed by atoms with Gasteiger partial charge in [-0.25, -0.2) is 0 Å². The van der Waals surface area contributed by atoms with Gasteiger partial charge >= 0.3 is 0 Å². The topological polar surface area (TPSA) is 51.0 Å². The minimum absolute atomic E-state index is 0.0269. The number of hydrogen-bond acceptors (Lipinski definition) is 4. The van der Waals surface area contributed by atoms with Crippen LogP contribution in [-0.4, -0.2) is 44.4 Å². The highest BCUT2D eigenvalue weighted by Crippen LogP contribution is 2.22. The van der Waals surface area contributed by atoms with E-state index in [-0.39, 0.29) is 5.91 Å². The zero-order valence-corrected chi connectivity index (χ0v) is 14.0. The molecular weight excluding hydrogens is 308 g/mol. The van der Waals surface area contributed by atoms with E-state index in [2.05, 4.69) is 23.4 Å². The third-order valence-electron chi connectivity index (χ3n) is 3.24. The lowest BCUT2D eigenvalue weighted by Crippen LogP contribution is -2.32. The van der Waals surface area contributed by atoms with Crippen molar-refractivity contribution in [3.8, 4) is 11.4 Å². The summed E-state index contributed by atoms with van der Waals surface area (Å²) < 4.78 is 1.90. The fourth-order valence-corrected chi connectivity index (χ4v) is 2.90. The summed E-state index contributed by atoms with van der Waals surface area (Å²) in [5, 5.41) is 9.11. The molecular formula is C17H20N4OS. The van der Waals surface area contributed by atoms with Crippen LogP contribution in [0.5, 0.6) is 0 Å². The maximum absolute atomic E-state index is 12.2. The Morgan fingerprint density at radius 1 is 1.22 bits per heavy atom. The predicted molar refractivity (Wildman–Crippen MR) is 94.1 cm³/mol. The minimum Gasteiger partial charge on any atom is -0.335 e. The normalized spacial score (nSPS) is 10.3. The molecule has 0 saturated heterocycles. The van der Waals surface area contributed by atoms with Crippen LogP contribution >= 0.6 is 11.8 Å². The predicted octanol–water partition coefficient (Wildman–Crippen LogP) is 2.77. The van der Waals surface area contributed by atoms with Crippen molar-refractivity contribution in [2.24, 2.45) is 7.05 Å². The lowest BCUT2D eigenvalue weighted by atomic mass is 10.2. The second-order valence-corrected chi connectivity index (χ2v) is 5.84. The molecule has 0 saturated carbocycles. The summed E-state index contributed by atoms with van der Waals surface area (Å²) in [7, 11) is 1.90. The molecule has 2 rings (SSSR count). The van der Waals surface area contributed by atoms with Gasteiger partial charge in [-0.05, 0) is 0 Å². The summed E-state index contributed by atoms with van der Waals surface area (Å²) in [6.45, 7) is 8.37. The molecule has 1 amide bonds. The van der Waals surface area contributed by atoms with Gasteiger partial charge in [0.05, 0.1) is 5.75 Å². The fourth-order valence-electron chi connectivity index (χ4n) is 2.09. The van der Waals surface area contributed by atoms with Gasteiger partial charge in [-0.1, -0.05) is 54.2 Å². The first-order valence-corrected chi connectivity index (χ1v) is 8.23. The molecule has 120 valence electrons. The molecule has 0 aliphatic heterocycles. The van der Waals surface area contributed by atoms with E-state index in [4.69, 9.17) is 0 Å². The highest BCUT2D eigenvalue weighted by atomic mass is 32.2. The van der Waals surface area contributed by atoms with Gasteiger partial charge in [0.2, 0.25) is 5.91 Å². The number of nitrogens with zero attached hydrogens (tertiary/aromatic N) is 4. The SMILES string of the molecule is C=CCN(CC=C)C(=O)CSc1nnc(-c2ccccc2)n1C. The third-order valence-corrected chi connectivity index (χ3v) is 4.25. The summed E-state index contributed by atoms with van der Waals surface area (Å²) in [6.07, 6.45) is 3.42. The molecule has 0 aliphatic rings. The van der Waals surface area contributed by atoms with Gasteiger partial charge in [-0.2, -0.15) is 0 Å². The van der Waals surface area contributed by atoms with Crippen molar-refractivity contribution in [1.29, 1.82) is 0 Å². The second-order valence-electron chi connectivity index (χ2n) is 4.90. The first-order valence-electron chi connectivity index (χ1n) is 7.24. The Bertz CT molecular complexity index is 671. The van der Waals surface area contributed by atoms with E-state index >= 15 is 0 Å². The van der Waals surface area contributed by atoms with Crippen molar-refractivity contribution in [2.45, 2.75) is 5.16 Å². The molecule has 1 heterocycles. The van der Waals surface area contributed by atoms with E-state index in [1.807, 2.05) is 41.9 Å². The monoisotopic (exact) mass is 328 g/mol. The van der Waals surface area contributed by atoms with E-state index in [9.17, 15) is 4.79 Å². The zero-order valence-electron chi connectivity index (χ0n) is 13.2. The van der Waals surface area contributed by atoms with Gasteiger partial charge in [0.1, 0.15) is 0 Å². The number of thioether (sulfide) groups is 1. The number of hydrogen-bond donors (Lipinski definition) is 0. The third kappa shape index (κ3) is 4.32. The van der Waals surface area contributed by atoms with Gasteiger partial charge in [0.25, 0.3) is 0 Å². The zero-order chi connectivity index (χ0) is 16.7. The van der Waals surface area contributed by atoms with Crippen LogP contribution in [-0.2, 0) is 11.8 Å². The number of aromatic nitrogens is 3. The van der Waals surface area contributed by atoms with Crippen LogP contribution in [0.15, 0.2) is 60.8 Å². The summed E-state index contributed by atoms with van der Waals surface area (Å²) in [6, 6.07) is 9.85. The van der Waals surface area contributed by atoms with Crippen LogP contribution in [0, 0.1) is 0 Å². The highest BCUT2D eigenvalue weighted by Gasteiger charge is 2.15. The molecule has 0 spiro atoms. The van der Waals surface area contributed by atoms with Crippen LogP contribution in [0.1, 0.15) is 0 Å². The molecule has 0 unspecified atom stereocenters. The van der Waals surface area contributed by atoms with Gasteiger partial charge in [0, 0.05) is 25.7 Å². The van der Waals surface area contributed by atoms with Crippen molar-refractivity contribution in [1.82, 2.24) is 19.7 Å². The number of rotatable bonds is 8. The maximum atomic E-state index is 12.2. The van der Waals surface area contributed by atoms with Crippen molar-refractivity contribution in [3.05, 3.63) is 55.6 Å². The molecule has 1 aromatic carbocycles. The number of carbonyl (C=O) groups is 1. The molecule has 5 nitrogen and oxygen atoms in total. The Labute approximate surface area is 140 Å². The molecule has 23 heavy (non-hydrogen) atoms. The van der Waals surface area contributed by atoms with Crippen LogP contribution in [0.25, 0.3) is 11.4 Å². The first kappa shape index (κ1) is 17.0. The fraction of sp³-hybridized carbons (Fsp3) is 0.235. The largest absolute Gasteiger partial charge is 0.335 e. The van der Waals surface area contributed by atoms with Crippen molar-refractivity contribution in [2.75, 3.05) is 18.8 Å². The Morgan fingerprint density at radius 2 is 1.87 bits per heavy atom. The maximum Gasteiger partial charge on any atom is 0.233 e. The van der Waals surface area contributed by atoms with Crippen LogP contribution < -0.4 is 0 Å². The Balaban J connectivity index is 2.04. The number of amides is 1. The standard InChI is InChI=1S/C17H20N4OS/c1-4-11-21(12-5-2)15(22)13-23-17-19-18-16(20(17)3)14-9-7-6-8-10-14/h4-10H,1-2,11-13H2,3H3. The van der Waals surface area contributed by atoms with Crippen LogP contribution in [0.2, 0.25) is 0 Å². The highest BCUT2D eigenvalue weighted by molar-refractivity contribution is 7.99. The smallest absolute Gasteiger partial charge is 0.233 e. The lowest BCUT2D eigenvalue weighted by molar-refractivity contribution is -0.127. The molecule has 0 aliphatic carbocycles. The van der Waals surface area contributed by atoms with Crippen LogP contribution in [0.4, 0.5) is 0 Å². The van der Waals surface area contributed by atoms with Gasteiger partial charge in [-0.15, -0.1) is 23.4 Å². The van der Waals surface area contributed by atoms with Gasteiger partial charge < -0.3 is 9.47 Å². The number of carbonyl (C=O) groups excluding carboxylic acids is 1. The van der Waals surface area contributed by atoms with E-state index in [0.29, 0.717) is 24.0 Å². The molecule has 6 heteroatoms. The molecule has 1 aromatic heterocycles. The molecule has 0 bridgehead atoms. The quantitative estimate of drug-likeness (QED) is 0.552. The summed E-state index contributed by atoms with van der Waals surface area (Å²) in [5.74, 6) is 1.12. The average Bonchev–Trinajstić information content (AvgIpc) is 2.94. The van der Waals surface area contributed by atoms with Crippen molar-refractivity contribution >= 4 is 17.7 Å². The van der Waals surface area contributed by atoms with Gasteiger partial charge in [0.15, 0.2) is 11.0 Å². The lowest BCUT2D eigenvalue weighted by Gasteiger charge is -2.18. The Kier molecular flexibility index (Phi) is 6.17. The minimum atomic E-state index is 0.0269. The summed E-state index contributed by atoms with van der Waals surface area (Å²) >= 11 is 1.38. The molecule has 0 atom stereocenters. The van der Waals surface area contributed by atoms with E-state index in [1.165, 1.54) is 11.8 Å². The molecule has 0 N–H and O–H groups in total. The second kappa shape index (κ2) is 8.33. The first-order chi connectivity index (χ1) is 11.2. The average molecular weight is 328 g/mol. The molecule has 0 fully saturated rings. The Hall–Kier alpha value is -2.34. The van der Waals surface area contributed by atoms with Gasteiger partial charge in [-0.3, -0.25) is 4.79 Å². The van der Waals surface area contributed by atoms with E-state index in [1.54, 1.807) is 17.1 Å². The van der Waals surface area contributed by atoms with Crippen molar-refractivity contribution in [3.63, 3.8) is 0 Å². The molecule has 2 aromatic rings. The van der Waals surface area contributed by atoms with Crippen LogP contribution in [0.3, 0.4) is 0 Å². The summed E-state index contributed by atoms with van der Waals surface area (Å²) in [4.78, 5) is 13.9.